The Bertz CT molecular complexity index is 702. The molecule has 0 saturated heterocycles. The molecule has 1 heterocycles. The summed E-state index contributed by atoms with van der Waals surface area (Å²) in [6.45, 7) is 0. The van der Waals surface area contributed by atoms with Crippen LogP contribution in [0.15, 0.2) is 29.2 Å². The van der Waals surface area contributed by atoms with Gasteiger partial charge in [-0.05, 0) is 18.2 Å². The van der Waals surface area contributed by atoms with Crippen molar-refractivity contribution >= 4 is 34.8 Å². The topological polar surface area (TPSA) is 32.9 Å². The summed E-state index contributed by atoms with van der Waals surface area (Å²) in [7, 11) is 0. The molecule has 106 valence electrons. The number of aromatic nitrogens is 1. The summed E-state index contributed by atoms with van der Waals surface area (Å²) in [6.07, 6.45) is -3.80. The molecule has 0 fully saturated rings. The molecule has 0 atom stereocenters. The second-order valence-corrected chi connectivity index (χ2v) is 5.09. The molecule has 2 rings (SSSR count). The number of alkyl halides is 3. The van der Waals surface area contributed by atoms with Gasteiger partial charge in [0.15, 0.2) is 0 Å². The van der Waals surface area contributed by atoms with Crippen molar-refractivity contribution < 1.29 is 13.2 Å². The maximum absolute atomic E-state index is 13.0. The van der Waals surface area contributed by atoms with Crippen LogP contribution in [0.25, 0.3) is 11.1 Å². The molecule has 0 aliphatic rings. The van der Waals surface area contributed by atoms with Crippen molar-refractivity contribution in [3.05, 3.63) is 55.4 Å². The van der Waals surface area contributed by atoms with E-state index >= 15 is 0 Å². The second-order valence-electron chi connectivity index (χ2n) is 3.84. The van der Waals surface area contributed by atoms with Crippen LogP contribution in [0, 0.1) is 0 Å². The van der Waals surface area contributed by atoms with Crippen molar-refractivity contribution in [2.75, 3.05) is 0 Å². The number of hydrogen-bond donors (Lipinski definition) is 1. The molecular weight excluding hydrogens is 337 g/mol. The van der Waals surface area contributed by atoms with Gasteiger partial charge in [0.2, 0.25) is 0 Å². The van der Waals surface area contributed by atoms with E-state index in [1.165, 1.54) is 12.1 Å². The highest BCUT2D eigenvalue weighted by atomic mass is 35.5. The lowest BCUT2D eigenvalue weighted by molar-refractivity contribution is -0.137. The summed E-state index contributed by atoms with van der Waals surface area (Å²) in [5.41, 5.74) is -2.89. The molecule has 0 radical (unpaired) electrons. The molecule has 2 nitrogen and oxygen atoms in total. The number of hydrogen-bond acceptors (Lipinski definition) is 1. The van der Waals surface area contributed by atoms with Crippen molar-refractivity contribution in [1.82, 2.24) is 4.98 Å². The molecule has 2 aromatic rings. The normalized spacial score (nSPS) is 11.7. The van der Waals surface area contributed by atoms with E-state index in [1.807, 2.05) is 0 Å². The van der Waals surface area contributed by atoms with E-state index in [1.54, 1.807) is 0 Å². The van der Waals surface area contributed by atoms with Gasteiger partial charge in [-0.3, -0.25) is 4.79 Å². The fourth-order valence-corrected chi connectivity index (χ4v) is 2.75. The minimum Gasteiger partial charge on any atom is -0.329 e. The Balaban J connectivity index is 2.87. The van der Waals surface area contributed by atoms with Crippen LogP contribution in [0.3, 0.4) is 0 Å². The molecule has 0 amide bonds. The van der Waals surface area contributed by atoms with Gasteiger partial charge in [-0.2, -0.15) is 13.2 Å². The third-order valence-corrected chi connectivity index (χ3v) is 3.34. The second kappa shape index (κ2) is 5.31. The molecule has 1 aromatic heterocycles. The smallest absolute Gasteiger partial charge is 0.329 e. The maximum Gasteiger partial charge on any atom is 0.417 e. The van der Waals surface area contributed by atoms with Gasteiger partial charge in [0.25, 0.3) is 5.56 Å². The summed E-state index contributed by atoms with van der Waals surface area (Å²) in [5.74, 6) is 0. The van der Waals surface area contributed by atoms with Crippen molar-refractivity contribution in [3.63, 3.8) is 0 Å². The van der Waals surface area contributed by atoms with Crippen LogP contribution < -0.4 is 5.56 Å². The molecular formula is C12H5Cl3F3NO. The van der Waals surface area contributed by atoms with Crippen LogP contribution in [-0.2, 0) is 6.18 Å². The van der Waals surface area contributed by atoms with Gasteiger partial charge >= 0.3 is 6.18 Å². The third kappa shape index (κ3) is 2.80. The van der Waals surface area contributed by atoms with Crippen LogP contribution in [0.4, 0.5) is 13.2 Å². The fraction of sp³-hybridized carbons (Fsp3) is 0.0833. The molecule has 1 aromatic carbocycles. The predicted octanol–water partition coefficient (Wildman–Crippen LogP) is 5.02. The van der Waals surface area contributed by atoms with E-state index in [2.05, 4.69) is 4.98 Å². The van der Waals surface area contributed by atoms with Gasteiger partial charge in [0, 0.05) is 16.8 Å². The number of H-pyrrole nitrogens is 1. The summed E-state index contributed by atoms with van der Waals surface area (Å²) in [5, 5.41) is -0.112. The number of nitrogens with one attached hydrogen (secondary N) is 1. The average molecular weight is 343 g/mol. The number of rotatable bonds is 1. The van der Waals surface area contributed by atoms with E-state index < -0.39 is 22.9 Å². The van der Waals surface area contributed by atoms with E-state index in [9.17, 15) is 18.0 Å². The fourth-order valence-electron chi connectivity index (χ4n) is 1.74. The predicted molar refractivity (Wildman–Crippen MR) is 72.5 cm³/mol. The Morgan fingerprint density at radius 1 is 1.00 bits per heavy atom. The van der Waals surface area contributed by atoms with Crippen LogP contribution in [-0.4, -0.2) is 4.98 Å². The first-order valence-corrected chi connectivity index (χ1v) is 6.29. The van der Waals surface area contributed by atoms with Gasteiger partial charge in [-0.25, -0.2) is 0 Å². The zero-order chi connectivity index (χ0) is 15.1. The minimum absolute atomic E-state index is 0.135. The highest BCUT2D eigenvalue weighted by Crippen LogP contribution is 2.41. The first kappa shape index (κ1) is 15.2. The van der Waals surface area contributed by atoms with Gasteiger partial charge in [0.05, 0.1) is 21.2 Å². The van der Waals surface area contributed by atoms with E-state index in [0.717, 1.165) is 12.3 Å². The number of benzene rings is 1. The average Bonchev–Trinajstić information content (AvgIpc) is 2.28. The SMILES string of the molecule is O=c1[nH]ccc(C(F)(F)F)c1-c1c(Cl)cc(Cl)cc1Cl. The van der Waals surface area contributed by atoms with Gasteiger partial charge in [-0.15, -0.1) is 0 Å². The molecule has 0 saturated carbocycles. The lowest BCUT2D eigenvalue weighted by Crippen LogP contribution is -2.17. The molecule has 0 bridgehead atoms. The third-order valence-electron chi connectivity index (χ3n) is 2.52. The number of halogens is 6. The zero-order valence-corrected chi connectivity index (χ0v) is 11.8. The number of aromatic amines is 1. The summed E-state index contributed by atoms with van der Waals surface area (Å²) in [6, 6.07) is 3.19. The molecule has 8 heteroatoms. The van der Waals surface area contributed by atoms with E-state index in [0.29, 0.717) is 0 Å². The molecule has 0 aliphatic carbocycles. The summed E-state index contributed by atoms with van der Waals surface area (Å²) >= 11 is 17.5. The van der Waals surface area contributed by atoms with Crippen LogP contribution in [0.2, 0.25) is 15.1 Å². The number of pyridine rings is 1. The monoisotopic (exact) mass is 341 g/mol. The molecule has 20 heavy (non-hydrogen) atoms. The van der Waals surface area contributed by atoms with Crippen molar-refractivity contribution in [2.24, 2.45) is 0 Å². The highest BCUT2D eigenvalue weighted by Gasteiger charge is 2.36. The lowest BCUT2D eigenvalue weighted by Gasteiger charge is -2.14. The van der Waals surface area contributed by atoms with Gasteiger partial charge in [0.1, 0.15) is 0 Å². The summed E-state index contributed by atoms with van der Waals surface area (Å²) in [4.78, 5) is 13.9. The first-order valence-electron chi connectivity index (χ1n) is 5.15. The Morgan fingerprint density at radius 3 is 2.05 bits per heavy atom. The minimum atomic E-state index is -4.71. The Hall–Kier alpha value is -1.17. The van der Waals surface area contributed by atoms with Gasteiger partial charge < -0.3 is 4.98 Å². The Kier molecular flexibility index (Phi) is 4.04. The Morgan fingerprint density at radius 2 is 1.55 bits per heavy atom. The Labute approximate surface area is 126 Å². The van der Waals surface area contributed by atoms with Crippen LogP contribution in [0.5, 0.6) is 0 Å². The van der Waals surface area contributed by atoms with Crippen molar-refractivity contribution in [1.29, 1.82) is 0 Å². The van der Waals surface area contributed by atoms with Crippen molar-refractivity contribution in [2.45, 2.75) is 6.18 Å². The highest BCUT2D eigenvalue weighted by molar-refractivity contribution is 6.41. The molecule has 1 N–H and O–H groups in total. The quantitative estimate of drug-likeness (QED) is 0.775. The molecule has 0 aliphatic heterocycles. The van der Waals surface area contributed by atoms with Gasteiger partial charge in [-0.1, -0.05) is 34.8 Å². The van der Waals surface area contributed by atoms with E-state index in [-0.39, 0.29) is 20.6 Å². The first-order chi connectivity index (χ1) is 9.21. The summed E-state index contributed by atoms with van der Waals surface area (Å²) < 4.78 is 39.0. The van der Waals surface area contributed by atoms with Crippen LogP contribution >= 0.6 is 34.8 Å². The maximum atomic E-state index is 13.0. The van der Waals surface area contributed by atoms with Crippen molar-refractivity contribution in [3.8, 4) is 11.1 Å². The van der Waals surface area contributed by atoms with E-state index in [4.69, 9.17) is 34.8 Å². The largest absolute Gasteiger partial charge is 0.417 e. The molecule has 0 unspecified atom stereocenters. The lowest BCUT2D eigenvalue weighted by atomic mass is 10.0. The zero-order valence-electron chi connectivity index (χ0n) is 9.49. The van der Waals surface area contributed by atoms with Crippen LogP contribution in [0.1, 0.15) is 5.56 Å². The molecule has 0 spiro atoms. The standard InChI is InChI=1S/C12H5Cl3F3NO/c13-5-3-7(14)10(8(15)4-5)9-6(12(16,17)18)1-2-19-11(9)20/h1-4H,(H,19,20).